The number of nitrogens with zero attached hydrogens (tertiary/aromatic N) is 1. The molecule has 146 valence electrons. The molecule has 27 heavy (non-hydrogen) atoms. The monoisotopic (exact) mass is 393 g/mol. The average molecular weight is 393 g/mol. The van der Waals surface area contributed by atoms with Crippen LogP contribution in [0.5, 0.6) is 11.5 Å². The molecule has 0 spiro atoms. The fraction of sp³-hybridized carbons (Fsp3) is 0.316. The number of anilines is 1. The third kappa shape index (κ3) is 4.33. The van der Waals surface area contributed by atoms with Crippen molar-refractivity contribution in [3.8, 4) is 11.5 Å². The average Bonchev–Trinajstić information content (AvgIpc) is 2.67. The van der Waals surface area contributed by atoms with Crippen LogP contribution in [0.25, 0.3) is 0 Å². The SMILES string of the molecule is COC(=O)CN(c1cc(C)ccc1C)S(=O)(=O)c1ccc(OC)c(OC)c1. The molecule has 0 aliphatic rings. The van der Waals surface area contributed by atoms with Crippen LogP contribution < -0.4 is 13.8 Å². The Morgan fingerprint density at radius 2 is 1.63 bits per heavy atom. The van der Waals surface area contributed by atoms with E-state index in [1.807, 2.05) is 13.0 Å². The van der Waals surface area contributed by atoms with E-state index in [-0.39, 0.29) is 10.6 Å². The van der Waals surface area contributed by atoms with Crippen LogP contribution in [0, 0.1) is 13.8 Å². The summed E-state index contributed by atoms with van der Waals surface area (Å²) in [5.74, 6) is 0.0141. The maximum atomic E-state index is 13.3. The second-order valence-electron chi connectivity index (χ2n) is 5.89. The van der Waals surface area contributed by atoms with Crippen LogP contribution in [-0.2, 0) is 19.6 Å². The Morgan fingerprint density at radius 3 is 2.22 bits per heavy atom. The molecule has 0 saturated carbocycles. The van der Waals surface area contributed by atoms with Gasteiger partial charge in [-0.15, -0.1) is 0 Å². The minimum Gasteiger partial charge on any atom is -0.493 e. The van der Waals surface area contributed by atoms with Gasteiger partial charge < -0.3 is 14.2 Å². The largest absolute Gasteiger partial charge is 0.493 e. The van der Waals surface area contributed by atoms with Gasteiger partial charge in [0.2, 0.25) is 0 Å². The van der Waals surface area contributed by atoms with Gasteiger partial charge >= 0.3 is 5.97 Å². The van der Waals surface area contributed by atoms with Crippen molar-refractivity contribution < 1.29 is 27.4 Å². The van der Waals surface area contributed by atoms with E-state index >= 15 is 0 Å². The summed E-state index contributed by atoms with van der Waals surface area (Å²) in [7, 11) is 0.0415. The second kappa shape index (κ2) is 8.30. The molecule has 2 aromatic carbocycles. The van der Waals surface area contributed by atoms with E-state index in [2.05, 4.69) is 0 Å². The molecule has 0 fully saturated rings. The molecule has 0 amide bonds. The van der Waals surface area contributed by atoms with Crippen molar-refractivity contribution in [2.45, 2.75) is 18.7 Å². The van der Waals surface area contributed by atoms with Gasteiger partial charge in [0.1, 0.15) is 6.54 Å². The zero-order chi connectivity index (χ0) is 20.2. The molecule has 0 heterocycles. The molecular weight excluding hydrogens is 370 g/mol. The summed E-state index contributed by atoms with van der Waals surface area (Å²) in [5.41, 5.74) is 2.00. The van der Waals surface area contributed by atoms with Gasteiger partial charge in [0, 0.05) is 6.07 Å². The Balaban J connectivity index is 2.63. The fourth-order valence-corrected chi connectivity index (χ4v) is 4.06. The summed E-state index contributed by atoms with van der Waals surface area (Å²) >= 11 is 0. The topological polar surface area (TPSA) is 82.1 Å². The number of aryl methyl sites for hydroxylation is 2. The van der Waals surface area contributed by atoms with Gasteiger partial charge in [-0.25, -0.2) is 8.42 Å². The molecule has 0 saturated heterocycles. The lowest BCUT2D eigenvalue weighted by molar-refractivity contribution is -0.138. The van der Waals surface area contributed by atoms with Crippen LogP contribution in [0.4, 0.5) is 5.69 Å². The first-order valence-corrected chi connectivity index (χ1v) is 9.57. The molecule has 0 bridgehead atoms. The number of sulfonamides is 1. The van der Waals surface area contributed by atoms with Gasteiger partial charge in [0.05, 0.1) is 31.9 Å². The number of methoxy groups -OCH3 is 3. The van der Waals surface area contributed by atoms with E-state index in [0.717, 1.165) is 9.87 Å². The van der Waals surface area contributed by atoms with Crippen LogP contribution in [0.3, 0.4) is 0 Å². The molecule has 0 aromatic heterocycles. The molecule has 0 aliphatic carbocycles. The van der Waals surface area contributed by atoms with E-state index < -0.39 is 22.5 Å². The molecule has 2 aromatic rings. The minimum absolute atomic E-state index is 0.0232. The number of esters is 1. The maximum Gasteiger partial charge on any atom is 0.326 e. The maximum absolute atomic E-state index is 13.3. The highest BCUT2D eigenvalue weighted by molar-refractivity contribution is 7.92. The van der Waals surface area contributed by atoms with Gasteiger partial charge in [-0.05, 0) is 43.2 Å². The zero-order valence-electron chi connectivity index (χ0n) is 16.0. The lowest BCUT2D eigenvalue weighted by atomic mass is 10.1. The smallest absolute Gasteiger partial charge is 0.326 e. The van der Waals surface area contributed by atoms with Crippen molar-refractivity contribution in [2.24, 2.45) is 0 Å². The fourth-order valence-electron chi connectivity index (χ4n) is 2.57. The van der Waals surface area contributed by atoms with Gasteiger partial charge in [-0.2, -0.15) is 0 Å². The highest BCUT2D eigenvalue weighted by Crippen LogP contribution is 2.33. The van der Waals surface area contributed by atoms with Crippen molar-refractivity contribution in [2.75, 3.05) is 32.2 Å². The quantitative estimate of drug-likeness (QED) is 0.673. The Bertz CT molecular complexity index is 939. The standard InChI is InChI=1S/C19H23NO6S/c1-13-6-7-14(2)16(10-13)20(12-19(21)26-5)27(22,23)15-8-9-17(24-3)18(11-15)25-4/h6-11H,12H2,1-5H3. The normalized spacial score (nSPS) is 11.0. The molecule has 0 atom stereocenters. The molecule has 0 aliphatic heterocycles. The summed E-state index contributed by atoms with van der Waals surface area (Å²) in [5, 5.41) is 0. The van der Waals surface area contributed by atoms with Gasteiger partial charge in [-0.3, -0.25) is 9.10 Å². The molecule has 0 radical (unpaired) electrons. The van der Waals surface area contributed by atoms with Crippen LogP contribution in [0.1, 0.15) is 11.1 Å². The number of hydrogen-bond donors (Lipinski definition) is 0. The summed E-state index contributed by atoms with van der Waals surface area (Å²) in [4.78, 5) is 11.9. The first kappa shape index (κ1) is 20.6. The van der Waals surface area contributed by atoms with E-state index in [1.165, 1.54) is 39.5 Å². The number of benzene rings is 2. The molecule has 2 rings (SSSR count). The number of carbonyl (C=O) groups excluding carboxylic acids is 1. The highest BCUT2D eigenvalue weighted by atomic mass is 32.2. The molecular formula is C19H23NO6S. The van der Waals surface area contributed by atoms with Gasteiger partial charge in [0.15, 0.2) is 11.5 Å². The number of hydrogen-bond acceptors (Lipinski definition) is 6. The van der Waals surface area contributed by atoms with Crippen LogP contribution in [0.15, 0.2) is 41.3 Å². The number of ether oxygens (including phenoxy) is 3. The zero-order valence-corrected chi connectivity index (χ0v) is 16.8. The van der Waals surface area contributed by atoms with Gasteiger partial charge in [-0.1, -0.05) is 12.1 Å². The summed E-state index contributed by atoms with van der Waals surface area (Å²) in [6.45, 7) is 3.18. The predicted molar refractivity (Wildman–Crippen MR) is 102 cm³/mol. The van der Waals surface area contributed by atoms with Crippen LogP contribution in [0.2, 0.25) is 0 Å². The Kier molecular flexibility index (Phi) is 6.32. The number of carbonyl (C=O) groups is 1. The lowest BCUT2D eigenvalue weighted by Gasteiger charge is -2.25. The van der Waals surface area contributed by atoms with E-state index in [1.54, 1.807) is 19.1 Å². The minimum atomic E-state index is -4.06. The molecule has 0 unspecified atom stereocenters. The van der Waals surface area contributed by atoms with E-state index in [4.69, 9.17) is 14.2 Å². The van der Waals surface area contributed by atoms with Crippen molar-refractivity contribution in [3.05, 3.63) is 47.5 Å². The first-order chi connectivity index (χ1) is 12.7. The Hall–Kier alpha value is -2.74. The molecule has 8 heteroatoms. The van der Waals surface area contributed by atoms with Crippen LogP contribution in [-0.4, -0.2) is 42.3 Å². The van der Waals surface area contributed by atoms with Crippen molar-refractivity contribution in [1.29, 1.82) is 0 Å². The van der Waals surface area contributed by atoms with Crippen molar-refractivity contribution >= 4 is 21.7 Å². The summed E-state index contributed by atoms with van der Waals surface area (Å²) in [6.07, 6.45) is 0. The van der Waals surface area contributed by atoms with Crippen LogP contribution >= 0.6 is 0 Å². The van der Waals surface area contributed by atoms with E-state index in [9.17, 15) is 13.2 Å². The first-order valence-electron chi connectivity index (χ1n) is 8.13. The third-order valence-corrected chi connectivity index (χ3v) is 5.83. The van der Waals surface area contributed by atoms with Gasteiger partial charge in [0.25, 0.3) is 10.0 Å². The van der Waals surface area contributed by atoms with Crippen molar-refractivity contribution in [3.63, 3.8) is 0 Å². The third-order valence-electron chi connectivity index (χ3n) is 4.08. The van der Waals surface area contributed by atoms with Crippen molar-refractivity contribution in [1.82, 2.24) is 0 Å². The summed E-state index contributed by atoms with van der Waals surface area (Å²) < 4.78 is 42.8. The van der Waals surface area contributed by atoms with E-state index in [0.29, 0.717) is 17.0 Å². The number of rotatable bonds is 7. The Labute approximate surface area is 159 Å². The second-order valence-corrected chi connectivity index (χ2v) is 7.76. The predicted octanol–water partition coefficient (Wildman–Crippen LogP) is 2.69. The Morgan fingerprint density at radius 1 is 0.963 bits per heavy atom. The lowest BCUT2D eigenvalue weighted by Crippen LogP contribution is -2.36. The molecule has 7 nitrogen and oxygen atoms in total. The molecule has 0 N–H and O–H groups in total. The summed E-state index contributed by atoms with van der Waals surface area (Å²) in [6, 6.07) is 9.68. The highest BCUT2D eigenvalue weighted by Gasteiger charge is 2.29.